The number of hydrogen-bond donors (Lipinski definition) is 0. The van der Waals surface area contributed by atoms with Gasteiger partial charge in [0.2, 0.25) is 11.7 Å². The highest BCUT2D eigenvalue weighted by Gasteiger charge is 2.34. The normalized spacial score (nSPS) is 16.0. The van der Waals surface area contributed by atoms with Gasteiger partial charge in [-0.25, -0.2) is 0 Å². The molecule has 0 radical (unpaired) electrons. The Labute approximate surface area is 162 Å². The first-order chi connectivity index (χ1) is 13.7. The van der Waals surface area contributed by atoms with Gasteiger partial charge in [0.25, 0.3) is 5.91 Å². The van der Waals surface area contributed by atoms with Gasteiger partial charge in [-0.15, -0.1) is 0 Å². The molecule has 1 atom stereocenters. The fourth-order valence-electron chi connectivity index (χ4n) is 3.43. The summed E-state index contributed by atoms with van der Waals surface area (Å²) in [6, 6.07) is 15.9. The molecule has 1 fully saturated rings. The monoisotopic (exact) mass is 374 g/mol. The number of amides is 1. The largest absolute Gasteiger partial charge is 0.496 e. The average Bonchev–Trinajstić information content (AvgIpc) is 3.42. The summed E-state index contributed by atoms with van der Waals surface area (Å²) < 4.78 is 10.9. The molecule has 4 rings (SSSR count). The Morgan fingerprint density at radius 2 is 2.04 bits per heavy atom. The fraction of sp³-hybridized carbons (Fsp3) is 0.238. The number of rotatable bonds is 4. The third-order valence-electron chi connectivity index (χ3n) is 4.85. The van der Waals surface area contributed by atoms with Gasteiger partial charge in [-0.2, -0.15) is 10.2 Å². The molecular weight excluding hydrogens is 356 g/mol. The van der Waals surface area contributed by atoms with Gasteiger partial charge in [-0.3, -0.25) is 4.79 Å². The smallest absolute Gasteiger partial charge is 0.254 e. The van der Waals surface area contributed by atoms with Gasteiger partial charge < -0.3 is 14.2 Å². The van der Waals surface area contributed by atoms with E-state index in [1.807, 2.05) is 24.3 Å². The first-order valence-electron chi connectivity index (χ1n) is 8.99. The van der Waals surface area contributed by atoms with Gasteiger partial charge >= 0.3 is 0 Å². The number of carbonyl (C=O) groups excluding carboxylic acids is 1. The van der Waals surface area contributed by atoms with Crippen molar-refractivity contribution in [2.75, 3.05) is 13.7 Å². The molecular formula is C21H18N4O3. The number of likely N-dealkylation sites (tertiary alicyclic amines) is 1. The van der Waals surface area contributed by atoms with Crippen LogP contribution in [0.25, 0.3) is 11.4 Å². The molecule has 3 aromatic rings. The van der Waals surface area contributed by atoms with Crippen LogP contribution in [0.5, 0.6) is 5.75 Å². The Hall–Kier alpha value is -3.66. The van der Waals surface area contributed by atoms with Crippen LogP contribution in [0.3, 0.4) is 0 Å². The molecule has 28 heavy (non-hydrogen) atoms. The summed E-state index contributed by atoms with van der Waals surface area (Å²) in [5, 5.41) is 13.0. The third kappa shape index (κ3) is 3.21. The number of para-hydroxylation sites is 1. The van der Waals surface area contributed by atoms with Gasteiger partial charge in [0.05, 0.1) is 24.3 Å². The third-order valence-corrected chi connectivity index (χ3v) is 4.85. The lowest BCUT2D eigenvalue weighted by Crippen LogP contribution is -2.30. The molecule has 0 unspecified atom stereocenters. The SMILES string of the molecule is COc1ccccc1-c1noc([C@H]2CCCN2C(=O)c2ccc(C#N)cc2)n1. The quantitative estimate of drug-likeness (QED) is 0.693. The summed E-state index contributed by atoms with van der Waals surface area (Å²) >= 11 is 0. The van der Waals surface area contributed by atoms with Gasteiger partial charge in [0.1, 0.15) is 11.8 Å². The summed E-state index contributed by atoms with van der Waals surface area (Å²) in [6.07, 6.45) is 1.62. The minimum Gasteiger partial charge on any atom is -0.496 e. The predicted molar refractivity (Wildman–Crippen MR) is 100 cm³/mol. The van der Waals surface area contributed by atoms with E-state index in [0.717, 1.165) is 18.4 Å². The molecule has 2 heterocycles. The Morgan fingerprint density at radius 1 is 1.25 bits per heavy atom. The highest BCUT2D eigenvalue weighted by molar-refractivity contribution is 5.94. The summed E-state index contributed by atoms with van der Waals surface area (Å²) in [5.41, 5.74) is 1.80. The van der Waals surface area contributed by atoms with Crippen molar-refractivity contribution in [3.05, 3.63) is 65.5 Å². The van der Waals surface area contributed by atoms with Crippen molar-refractivity contribution in [3.8, 4) is 23.2 Å². The lowest BCUT2D eigenvalue weighted by molar-refractivity contribution is 0.0710. The number of aromatic nitrogens is 2. The van der Waals surface area contributed by atoms with Gasteiger partial charge in [-0.05, 0) is 49.2 Å². The lowest BCUT2D eigenvalue weighted by Gasteiger charge is -2.21. The number of ether oxygens (including phenoxy) is 1. The molecule has 1 aromatic heterocycles. The van der Waals surface area contributed by atoms with Crippen LogP contribution >= 0.6 is 0 Å². The molecule has 1 saturated heterocycles. The van der Waals surface area contributed by atoms with Crippen molar-refractivity contribution in [1.82, 2.24) is 15.0 Å². The van der Waals surface area contributed by atoms with Crippen LogP contribution in [0.15, 0.2) is 53.1 Å². The van der Waals surface area contributed by atoms with Crippen LogP contribution in [-0.4, -0.2) is 34.6 Å². The zero-order chi connectivity index (χ0) is 19.5. The second kappa shape index (κ2) is 7.53. The van der Waals surface area contributed by atoms with Crippen LogP contribution in [-0.2, 0) is 0 Å². The highest BCUT2D eigenvalue weighted by atomic mass is 16.5. The molecule has 1 aliphatic rings. The number of nitriles is 1. The van der Waals surface area contributed by atoms with Crippen LogP contribution in [0.1, 0.15) is 40.7 Å². The number of methoxy groups -OCH3 is 1. The minimum atomic E-state index is -0.265. The van der Waals surface area contributed by atoms with Crippen molar-refractivity contribution in [2.24, 2.45) is 0 Å². The van der Waals surface area contributed by atoms with E-state index in [1.165, 1.54) is 0 Å². The molecule has 1 amide bonds. The minimum absolute atomic E-state index is 0.107. The van der Waals surface area contributed by atoms with Crippen molar-refractivity contribution >= 4 is 5.91 Å². The second-order valence-corrected chi connectivity index (χ2v) is 6.50. The first-order valence-corrected chi connectivity index (χ1v) is 8.99. The Morgan fingerprint density at radius 3 is 2.79 bits per heavy atom. The summed E-state index contributed by atoms with van der Waals surface area (Å²) in [7, 11) is 1.59. The van der Waals surface area contributed by atoms with Crippen molar-refractivity contribution in [1.29, 1.82) is 5.26 Å². The van der Waals surface area contributed by atoms with E-state index < -0.39 is 0 Å². The van der Waals surface area contributed by atoms with E-state index in [9.17, 15) is 4.79 Å². The molecule has 0 N–H and O–H groups in total. The maximum atomic E-state index is 12.9. The van der Waals surface area contributed by atoms with Gasteiger partial charge in [0.15, 0.2) is 0 Å². The molecule has 7 nitrogen and oxygen atoms in total. The highest BCUT2D eigenvalue weighted by Crippen LogP contribution is 2.34. The first kappa shape index (κ1) is 17.7. The molecule has 0 bridgehead atoms. The van der Waals surface area contributed by atoms with E-state index >= 15 is 0 Å². The van der Waals surface area contributed by atoms with Crippen LogP contribution in [0.4, 0.5) is 0 Å². The van der Waals surface area contributed by atoms with Crippen molar-refractivity contribution < 1.29 is 14.1 Å². The number of hydrogen-bond acceptors (Lipinski definition) is 6. The molecule has 0 spiro atoms. The molecule has 0 aliphatic carbocycles. The molecule has 2 aromatic carbocycles. The van der Waals surface area contributed by atoms with E-state index in [2.05, 4.69) is 16.2 Å². The molecule has 0 saturated carbocycles. The van der Waals surface area contributed by atoms with Crippen LogP contribution in [0, 0.1) is 11.3 Å². The van der Waals surface area contributed by atoms with E-state index in [0.29, 0.717) is 35.1 Å². The number of benzene rings is 2. The fourth-order valence-corrected chi connectivity index (χ4v) is 3.43. The Kier molecular flexibility index (Phi) is 4.77. The standard InChI is InChI=1S/C21H18N4O3/c1-27-18-7-3-2-5-16(18)19-23-20(28-24-19)17-6-4-12-25(17)21(26)15-10-8-14(13-22)9-11-15/h2-3,5,7-11,17H,4,6,12H2,1H3/t17-/m1/s1. The second-order valence-electron chi connectivity index (χ2n) is 6.50. The summed E-state index contributed by atoms with van der Waals surface area (Å²) in [6.45, 7) is 0.621. The summed E-state index contributed by atoms with van der Waals surface area (Å²) in [4.78, 5) is 19.2. The maximum Gasteiger partial charge on any atom is 0.254 e. The van der Waals surface area contributed by atoms with Crippen molar-refractivity contribution in [2.45, 2.75) is 18.9 Å². The number of nitrogens with zero attached hydrogens (tertiary/aromatic N) is 4. The van der Waals surface area contributed by atoms with Crippen molar-refractivity contribution in [3.63, 3.8) is 0 Å². The zero-order valence-electron chi connectivity index (χ0n) is 15.3. The summed E-state index contributed by atoms with van der Waals surface area (Å²) in [5.74, 6) is 1.40. The molecule has 1 aliphatic heterocycles. The topological polar surface area (TPSA) is 92.3 Å². The predicted octanol–water partition coefficient (Wildman–Crippen LogP) is 3.59. The number of carbonyl (C=O) groups is 1. The molecule has 140 valence electrons. The van der Waals surface area contributed by atoms with Crippen LogP contribution < -0.4 is 4.74 Å². The van der Waals surface area contributed by atoms with E-state index in [4.69, 9.17) is 14.5 Å². The average molecular weight is 374 g/mol. The van der Waals surface area contributed by atoms with E-state index in [-0.39, 0.29) is 11.9 Å². The maximum absolute atomic E-state index is 12.9. The van der Waals surface area contributed by atoms with Crippen LogP contribution in [0.2, 0.25) is 0 Å². The van der Waals surface area contributed by atoms with Gasteiger partial charge in [0, 0.05) is 12.1 Å². The lowest BCUT2D eigenvalue weighted by atomic mass is 10.1. The van der Waals surface area contributed by atoms with E-state index in [1.54, 1.807) is 36.3 Å². The Bertz CT molecular complexity index is 1040. The Balaban J connectivity index is 1.59. The molecule has 7 heteroatoms. The van der Waals surface area contributed by atoms with Gasteiger partial charge in [-0.1, -0.05) is 17.3 Å². The zero-order valence-corrected chi connectivity index (χ0v) is 15.3.